The lowest BCUT2D eigenvalue weighted by Crippen LogP contribution is -2.33. The standard InChI is InChI=1S/C21H20ClN3O2S/c1-14-7-8-17-18(11-14)28-21(23-20(27)15-5-4-6-16(22)12-15)25(17)13-19(26)24-9-2-3-10-24/h4-8,11-12H,2-3,9-10,13H2,1H3. The highest BCUT2D eigenvalue weighted by Gasteiger charge is 2.20. The molecule has 4 rings (SSSR count). The number of nitrogens with zero attached hydrogens (tertiary/aromatic N) is 3. The van der Waals surface area contributed by atoms with E-state index < -0.39 is 0 Å². The normalized spacial score (nSPS) is 14.8. The Balaban J connectivity index is 1.78. The summed E-state index contributed by atoms with van der Waals surface area (Å²) in [5.41, 5.74) is 2.47. The molecule has 2 aromatic carbocycles. The highest BCUT2D eigenvalue weighted by atomic mass is 35.5. The van der Waals surface area contributed by atoms with Crippen LogP contribution < -0.4 is 4.80 Å². The van der Waals surface area contributed by atoms with Gasteiger partial charge in [0.1, 0.15) is 6.54 Å². The van der Waals surface area contributed by atoms with Gasteiger partial charge in [-0.15, -0.1) is 0 Å². The van der Waals surface area contributed by atoms with Gasteiger partial charge in [-0.25, -0.2) is 0 Å². The maximum absolute atomic E-state index is 12.7. The Bertz CT molecular complexity index is 1130. The lowest BCUT2D eigenvalue weighted by atomic mass is 10.2. The molecule has 5 nitrogen and oxygen atoms in total. The van der Waals surface area contributed by atoms with Gasteiger partial charge < -0.3 is 9.47 Å². The summed E-state index contributed by atoms with van der Waals surface area (Å²) in [5, 5.41) is 0.491. The van der Waals surface area contributed by atoms with Gasteiger partial charge in [0.15, 0.2) is 4.80 Å². The van der Waals surface area contributed by atoms with Crippen LogP contribution in [0.1, 0.15) is 28.8 Å². The molecule has 0 saturated carbocycles. The van der Waals surface area contributed by atoms with E-state index >= 15 is 0 Å². The number of likely N-dealkylation sites (tertiary alicyclic amines) is 1. The molecule has 1 aromatic heterocycles. The van der Waals surface area contributed by atoms with Crippen molar-refractivity contribution in [2.75, 3.05) is 13.1 Å². The molecule has 0 aliphatic carbocycles. The number of carbonyl (C=O) groups excluding carboxylic acids is 2. The van der Waals surface area contributed by atoms with Crippen molar-refractivity contribution in [1.82, 2.24) is 9.47 Å². The summed E-state index contributed by atoms with van der Waals surface area (Å²) >= 11 is 7.42. The van der Waals surface area contributed by atoms with Crippen LogP contribution in [-0.4, -0.2) is 34.4 Å². The first-order valence-electron chi connectivity index (χ1n) is 9.24. The largest absolute Gasteiger partial charge is 0.341 e. The van der Waals surface area contributed by atoms with E-state index in [2.05, 4.69) is 11.1 Å². The van der Waals surface area contributed by atoms with Crippen LogP contribution in [0.25, 0.3) is 10.2 Å². The van der Waals surface area contributed by atoms with Crippen molar-refractivity contribution in [3.8, 4) is 0 Å². The van der Waals surface area contributed by atoms with E-state index in [1.54, 1.807) is 24.3 Å². The molecule has 0 radical (unpaired) electrons. The van der Waals surface area contributed by atoms with Gasteiger partial charge in [0, 0.05) is 23.7 Å². The van der Waals surface area contributed by atoms with Crippen LogP contribution in [0.2, 0.25) is 5.02 Å². The fourth-order valence-electron chi connectivity index (χ4n) is 3.39. The van der Waals surface area contributed by atoms with Crippen LogP contribution in [0.3, 0.4) is 0 Å². The van der Waals surface area contributed by atoms with Crippen molar-refractivity contribution in [3.63, 3.8) is 0 Å². The third kappa shape index (κ3) is 3.88. The van der Waals surface area contributed by atoms with Crippen LogP contribution >= 0.6 is 22.9 Å². The lowest BCUT2D eigenvalue weighted by Gasteiger charge is -2.16. The van der Waals surface area contributed by atoms with E-state index in [0.29, 0.717) is 15.4 Å². The number of carbonyl (C=O) groups is 2. The average molecular weight is 414 g/mol. The number of amides is 2. The third-order valence-electron chi connectivity index (χ3n) is 4.86. The second kappa shape index (κ2) is 7.89. The van der Waals surface area contributed by atoms with Gasteiger partial charge in [0.25, 0.3) is 5.91 Å². The Labute approximate surface area is 171 Å². The minimum atomic E-state index is -0.367. The van der Waals surface area contributed by atoms with Crippen LogP contribution in [0.15, 0.2) is 47.5 Å². The van der Waals surface area contributed by atoms with Gasteiger partial charge in [-0.05, 0) is 55.7 Å². The molecule has 144 valence electrons. The van der Waals surface area contributed by atoms with E-state index in [4.69, 9.17) is 11.6 Å². The predicted octanol–water partition coefficient (Wildman–Crippen LogP) is 4.03. The second-order valence-electron chi connectivity index (χ2n) is 6.96. The highest BCUT2D eigenvalue weighted by molar-refractivity contribution is 7.16. The van der Waals surface area contributed by atoms with E-state index in [0.717, 1.165) is 41.7 Å². The molecule has 1 saturated heterocycles. The van der Waals surface area contributed by atoms with Crippen molar-refractivity contribution >= 4 is 45.0 Å². The van der Waals surface area contributed by atoms with Crippen molar-refractivity contribution in [1.29, 1.82) is 0 Å². The van der Waals surface area contributed by atoms with Crippen LogP contribution in [0.4, 0.5) is 0 Å². The number of rotatable bonds is 3. The zero-order valence-electron chi connectivity index (χ0n) is 15.5. The SMILES string of the molecule is Cc1ccc2c(c1)sc(=NC(=O)c1cccc(Cl)c1)n2CC(=O)N1CCCC1. The summed E-state index contributed by atoms with van der Waals surface area (Å²) in [4.78, 5) is 32.2. The molecule has 0 unspecified atom stereocenters. The lowest BCUT2D eigenvalue weighted by molar-refractivity contribution is -0.130. The third-order valence-corrected chi connectivity index (χ3v) is 6.14. The quantitative estimate of drug-likeness (QED) is 0.651. The number of halogens is 1. The fraction of sp³-hybridized carbons (Fsp3) is 0.286. The zero-order valence-corrected chi connectivity index (χ0v) is 17.1. The molecular weight excluding hydrogens is 394 g/mol. The van der Waals surface area contributed by atoms with E-state index in [1.807, 2.05) is 28.5 Å². The summed E-state index contributed by atoms with van der Waals surface area (Å²) in [6.07, 6.45) is 2.09. The fourth-order valence-corrected chi connectivity index (χ4v) is 4.71. The minimum absolute atomic E-state index is 0.0643. The highest BCUT2D eigenvalue weighted by Crippen LogP contribution is 2.20. The molecule has 1 aliphatic rings. The maximum atomic E-state index is 12.7. The van der Waals surface area contributed by atoms with Gasteiger partial charge in [-0.1, -0.05) is 35.1 Å². The first-order valence-corrected chi connectivity index (χ1v) is 10.4. The predicted molar refractivity (Wildman–Crippen MR) is 112 cm³/mol. The number of aromatic nitrogens is 1. The molecule has 0 spiro atoms. The summed E-state index contributed by atoms with van der Waals surface area (Å²) in [6.45, 7) is 3.81. The van der Waals surface area contributed by atoms with Crippen molar-refractivity contribution in [2.24, 2.45) is 4.99 Å². The molecule has 2 heterocycles. The van der Waals surface area contributed by atoms with E-state index in [-0.39, 0.29) is 18.4 Å². The van der Waals surface area contributed by atoms with Gasteiger partial charge in [0.2, 0.25) is 5.91 Å². The van der Waals surface area contributed by atoms with E-state index in [9.17, 15) is 9.59 Å². The second-order valence-corrected chi connectivity index (χ2v) is 8.40. The summed E-state index contributed by atoms with van der Waals surface area (Å²) in [6, 6.07) is 12.8. The number of fused-ring (bicyclic) bond motifs is 1. The number of hydrogen-bond acceptors (Lipinski definition) is 3. The summed E-state index contributed by atoms with van der Waals surface area (Å²) < 4.78 is 2.86. The van der Waals surface area contributed by atoms with Crippen LogP contribution in [0, 0.1) is 6.92 Å². The Kier molecular flexibility index (Phi) is 5.33. The zero-order chi connectivity index (χ0) is 19.7. The Morgan fingerprint density at radius 2 is 1.93 bits per heavy atom. The average Bonchev–Trinajstić information content (AvgIpc) is 3.30. The monoisotopic (exact) mass is 413 g/mol. The van der Waals surface area contributed by atoms with Crippen molar-refractivity contribution in [3.05, 3.63) is 63.4 Å². The Morgan fingerprint density at radius 3 is 2.68 bits per heavy atom. The molecule has 28 heavy (non-hydrogen) atoms. The summed E-state index contributed by atoms with van der Waals surface area (Å²) in [5.74, 6) is -0.303. The molecule has 1 fully saturated rings. The van der Waals surface area contributed by atoms with Crippen molar-refractivity contribution < 1.29 is 9.59 Å². The Morgan fingerprint density at radius 1 is 1.14 bits per heavy atom. The number of benzene rings is 2. The molecule has 3 aromatic rings. The molecule has 7 heteroatoms. The minimum Gasteiger partial charge on any atom is -0.341 e. The maximum Gasteiger partial charge on any atom is 0.279 e. The molecule has 0 N–H and O–H groups in total. The van der Waals surface area contributed by atoms with Crippen LogP contribution in [-0.2, 0) is 11.3 Å². The molecule has 0 atom stereocenters. The molecule has 1 aliphatic heterocycles. The van der Waals surface area contributed by atoms with Gasteiger partial charge in [0.05, 0.1) is 10.2 Å². The first-order chi connectivity index (χ1) is 13.5. The van der Waals surface area contributed by atoms with Crippen LogP contribution in [0.5, 0.6) is 0 Å². The molecule has 0 bridgehead atoms. The van der Waals surface area contributed by atoms with Gasteiger partial charge >= 0.3 is 0 Å². The van der Waals surface area contributed by atoms with Crippen molar-refractivity contribution in [2.45, 2.75) is 26.3 Å². The van der Waals surface area contributed by atoms with Gasteiger partial charge in [-0.2, -0.15) is 4.99 Å². The summed E-state index contributed by atoms with van der Waals surface area (Å²) in [7, 11) is 0. The molecule has 2 amide bonds. The number of thiazole rings is 1. The molecular formula is C21H20ClN3O2S. The number of hydrogen-bond donors (Lipinski definition) is 0. The smallest absolute Gasteiger partial charge is 0.279 e. The number of aryl methyl sites for hydroxylation is 1. The van der Waals surface area contributed by atoms with Gasteiger partial charge in [-0.3, -0.25) is 9.59 Å². The first kappa shape index (κ1) is 18.9. The van der Waals surface area contributed by atoms with E-state index in [1.165, 1.54) is 11.3 Å². The Hall–Kier alpha value is -2.44. The topological polar surface area (TPSA) is 54.7 Å².